The molecule has 0 atom stereocenters. The summed E-state index contributed by atoms with van der Waals surface area (Å²) in [7, 11) is 0. The second-order valence-corrected chi connectivity index (χ2v) is 4.45. The first-order valence-electron chi connectivity index (χ1n) is 6.58. The number of anilines is 1. The van der Waals surface area contributed by atoms with Gasteiger partial charge in [-0.2, -0.15) is 4.98 Å². The van der Waals surface area contributed by atoms with Gasteiger partial charge < -0.3 is 9.64 Å². The Kier molecular flexibility index (Phi) is 7.49. The lowest BCUT2D eigenvalue weighted by Gasteiger charge is -2.21. The van der Waals surface area contributed by atoms with E-state index in [1.54, 1.807) is 12.3 Å². The Balaban J connectivity index is 2.70. The zero-order chi connectivity index (χ0) is 13.2. The maximum Gasteiger partial charge on any atom is 0.228 e. The van der Waals surface area contributed by atoms with Crippen molar-refractivity contribution in [1.82, 2.24) is 9.97 Å². The highest BCUT2D eigenvalue weighted by atomic mass is 35.5. The van der Waals surface area contributed by atoms with E-state index in [0.29, 0.717) is 24.3 Å². The number of hydrogen-bond acceptors (Lipinski definition) is 4. The summed E-state index contributed by atoms with van der Waals surface area (Å²) < 4.78 is 5.52. The topological polar surface area (TPSA) is 38.2 Å². The van der Waals surface area contributed by atoms with Crippen molar-refractivity contribution in [3.8, 4) is 5.88 Å². The SMILES string of the molecule is CCCCN(CCCl)c1nccc(OCCC)n1. The van der Waals surface area contributed by atoms with Gasteiger partial charge in [-0.15, -0.1) is 11.6 Å². The summed E-state index contributed by atoms with van der Waals surface area (Å²) in [6.07, 6.45) is 4.96. The van der Waals surface area contributed by atoms with E-state index in [0.717, 1.165) is 32.4 Å². The van der Waals surface area contributed by atoms with Gasteiger partial charge in [0.15, 0.2) is 0 Å². The highest BCUT2D eigenvalue weighted by Crippen LogP contribution is 2.13. The molecule has 0 amide bonds. The van der Waals surface area contributed by atoms with Gasteiger partial charge in [0.25, 0.3) is 0 Å². The van der Waals surface area contributed by atoms with E-state index < -0.39 is 0 Å². The molecule has 0 saturated carbocycles. The van der Waals surface area contributed by atoms with Crippen LogP contribution in [0, 0.1) is 0 Å². The number of unbranched alkanes of at least 4 members (excludes halogenated alkanes) is 1. The lowest BCUT2D eigenvalue weighted by molar-refractivity contribution is 0.304. The number of halogens is 1. The smallest absolute Gasteiger partial charge is 0.228 e. The summed E-state index contributed by atoms with van der Waals surface area (Å²) >= 11 is 5.82. The van der Waals surface area contributed by atoms with Gasteiger partial charge in [-0.3, -0.25) is 0 Å². The molecule has 0 aromatic carbocycles. The summed E-state index contributed by atoms with van der Waals surface area (Å²) in [5.74, 6) is 1.92. The van der Waals surface area contributed by atoms with Gasteiger partial charge in [-0.05, 0) is 12.8 Å². The summed E-state index contributed by atoms with van der Waals surface area (Å²) in [5, 5.41) is 0. The Morgan fingerprint density at radius 2 is 2.11 bits per heavy atom. The van der Waals surface area contributed by atoms with E-state index in [9.17, 15) is 0 Å². The fraction of sp³-hybridized carbons (Fsp3) is 0.692. The van der Waals surface area contributed by atoms with E-state index in [2.05, 4.69) is 28.7 Å². The zero-order valence-corrected chi connectivity index (χ0v) is 12.0. The minimum absolute atomic E-state index is 0.577. The molecule has 102 valence electrons. The van der Waals surface area contributed by atoms with Crippen molar-refractivity contribution in [2.24, 2.45) is 0 Å². The molecule has 0 N–H and O–H groups in total. The molecule has 1 heterocycles. The van der Waals surface area contributed by atoms with E-state index in [4.69, 9.17) is 16.3 Å². The normalized spacial score (nSPS) is 10.4. The predicted molar refractivity (Wildman–Crippen MR) is 75.7 cm³/mol. The van der Waals surface area contributed by atoms with Gasteiger partial charge in [0, 0.05) is 31.2 Å². The number of rotatable bonds is 9. The van der Waals surface area contributed by atoms with Gasteiger partial charge in [0.05, 0.1) is 6.61 Å². The summed E-state index contributed by atoms with van der Waals surface area (Å²) in [4.78, 5) is 10.8. The van der Waals surface area contributed by atoms with Crippen LogP contribution in [0.1, 0.15) is 33.1 Å². The van der Waals surface area contributed by atoms with Crippen molar-refractivity contribution in [2.75, 3.05) is 30.5 Å². The Bertz CT molecular complexity index is 336. The van der Waals surface area contributed by atoms with Gasteiger partial charge in [0.1, 0.15) is 0 Å². The standard InChI is InChI=1S/C13H22ClN3O/c1-3-5-9-17(10-7-14)13-15-8-6-12(16-13)18-11-4-2/h6,8H,3-5,7,9-11H2,1-2H3. The molecular formula is C13H22ClN3O. The van der Waals surface area contributed by atoms with E-state index in [-0.39, 0.29) is 0 Å². The number of ether oxygens (including phenoxy) is 1. The van der Waals surface area contributed by atoms with E-state index in [1.165, 1.54) is 0 Å². The third-order valence-corrected chi connectivity index (χ3v) is 2.66. The molecule has 5 heteroatoms. The molecule has 0 spiro atoms. The highest BCUT2D eigenvalue weighted by molar-refractivity contribution is 6.18. The van der Waals surface area contributed by atoms with Crippen LogP contribution in [0.15, 0.2) is 12.3 Å². The molecule has 1 aromatic heterocycles. The molecule has 0 radical (unpaired) electrons. The second kappa shape index (κ2) is 8.97. The fourth-order valence-electron chi connectivity index (χ4n) is 1.53. The van der Waals surface area contributed by atoms with Crippen molar-refractivity contribution < 1.29 is 4.74 Å². The quantitative estimate of drug-likeness (QED) is 0.647. The van der Waals surface area contributed by atoms with Crippen LogP contribution in [0.3, 0.4) is 0 Å². The summed E-state index contributed by atoms with van der Waals surface area (Å²) in [6.45, 7) is 6.61. The fourth-order valence-corrected chi connectivity index (χ4v) is 1.74. The first kappa shape index (κ1) is 15.0. The molecule has 0 aliphatic rings. The molecule has 0 aliphatic heterocycles. The van der Waals surface area contributed by atoms with Crippen molar-refractivity contribution >= 4 is 17.5 Å². The first-order valence-corrected chi connectivity index (χ1v) is 7.12. The van der Waals surface area contributed by atoms with Crippen LogP contribution in [0.4, 0.5) is 5.95 Å². The summed E-state index contributed by atoms with van der Waals surface area (Å²) in [6, 6.07) is 1.79. The molecule has 18 heavy (non-hydrogen) atoms. The molecular weight excluding hydrogens is 250 g/mol. The largest absolute Gasteiger partial charge is 0.478 e. The van der Waals surface area contributed by atoms with Crippen LogP contribution in [0.2, 0.25) is 0 Å². The third-order valence-electron chi connectivity index (χ3n) is 2.49. The van der Waals surface area contributed by atoms with Crippen molar-refractivity contribution in [1.29, 1.82) is 0 Å². The molecule has 0 saturated heterocycles. The molecule has 1 rings (SSSR count). The molecule has 0 aliphatic carbocycles. The van der Waals surface area contributed by atoms with Crippen LogP contribution < -0.4 is 9.64 Å². The van der Waals surface area contributed by atoms with Gasteiger partial charge in [-0.25, -0.2) is 4.98 Å². The Morgan fingerprint density at radius 3 is 2.78 bits per heavy atom. The van der Waals surface area contributed by atoms with Crippen molar-refractivity contribution in [2.45, 2.75) is 33.1 Å². The average Bonchev–Trinajstić information content (AvgIpc) is 2.41. The maximum atomic E-state index is 5.82. The predicted octanol–water partition coefficient (Wildman–Crippen LogP) is 3.11. The summed E-state index contributed by atoms with van der Waals surface area (Å²) in [5.41, 5.74) is 0. The molecule has 0 bridgehead atoms. The Labute approximate surface area is 114 Å². The highest BCUT2D eigenvalue weighted by Gasteiger charge is 2.09. The van der Waals surface area contributed by atoms with Crippen LogP contribution >= 0.6 is 11.6 Å². The van der Waals surface area contributed by atoms with Gasteiger partial charge in [-0.1, -0.05) is 20.3 Å². The van der Waals surface area contributed by atoms with Crippen molar-refractivity contribution in [3.05, 3.63) is 12.3 Å². The van der Waals surface area contributed by atoms with Gasteiger partial charge >= 0.3 is 0 Å². The molecule has 0 fully saturated rings. The van der Waals surface area contributed by atoms with Crippen molar-refractivity contribution in [3.63, 3.8) is 0 Å². The van der Waals surface area contributed by atoms with Crippen LogP contribution in [-0.4, -0.2) is 35.5 Å². The number of nitrogens with zero attached hydrogens (tertiary/aromatic N) is 3. The third kappa shape index (κ3) is 5.08. The molecule has 1 aromatic rings. The van der Waals surface area contributed by atoms with E-state index >= 15 is 0 Å². The van der Waals surface area contributed by atoms with E-state index in [1.807, 2.05) is 0 Å². The Morgan fingerprint density at radius 1 is 1.28 bits per heavy atom. The van der Waals surface area contributed by atoms with Crippen LogP contribution in [-0.2, 0) is 0 Å². The lowest BCUT2D eigenvalue weighted by atomic mass is 10.3. The zero-order valence-electron chi connectivity index (χ0n) is 11.2. The average molecular weight is 272 g/mol. The first-order chi connectivity index (χ1) is 8.81. The monoisotopic (exact) mass is 271 g/mol. The molecule has 4 nitrogen and oxygen atoms in total. The lowest BCUT2D eigenvalue weighted by Crippen LogP contribution is -2.28. The van der Waals surface area contributed by atoms with Crippen LogP contribution in [0.5, 0.6) is 5.88 Å². The second-order valence-electron chi connectivity index (χ2n) is 4.07. The number of hydrogen-bond donors (Lipinski definition) is 0. The maximum absolute atomic E-state index is 5.82. The van der Waals surface area contributed by atoms with Gasteiger partial charge in [0.2, 0.25) is 11.8 Å². The van der Waals surface area contributed by atoms with Crippen LogP contribution in [0.25, 0.3) is 0 Å². The number of alkyl halides is 1. The number of aromatic nitrogens is 2. The minimum Gasteiger partial charge on any atom is -0.478 e. The minimum atomic E-state index is 0.577. The Hall–Kier alpha value is -1.03. The molecule has 0 unspecified atom stereocenters.